The van der Waals surface area contributed by atoms with Crippen molar-refractivity contribution in [2.24, 2.45) is 0 Å². The fourth-order valence-corrected chi connectivity index (χ4v) is 2.38. The van der Waals surface area contributed by atoms with Crippen LogP contribution in [0.15, 0.2) is 54.9 Å². The summed E-state index contributed by atoms with van der Waals surface area (Å²) in [6, 6.07) is 12.6. The zero-order valence-electron chi connectivity index (χ0n) is 10.4. The lowest BCUT2D eigenvalue weighted by Gasteiger charge is -2.09. The van der Waals surface area contributed by atoms with Crippen LogP contribution in [0.1, 0.15) is 17.2 Å². The number of carboxylic acid groups (broad SMARTS) is 1. The van der Waals surface area contributed by atoms with Gasteiger partial charge in [0.15, 0.2) is 0 Å². The van der Waals surface area contributed by atoms with Crippen molar-refractivity contribution in [1.82, 2.24) is 9.38 Å². The average Bonchev–Trinajstić information content (AvgIpc) is 2.82. The van der Waals surface area contributed by atoms with Gasteiger partial charge in [-0.2, -0.15) is 0 Å². The van der Waals surface area contributed by atoms with Gasteiger partial charge in [-0.1, -0.05) is 41.9 Å². The quantitative estimate of drug-likeness (QED) is 0.804. The minimum atomic E-state index is -0.925. The normalized spacial score (nSPS) is 12.4. The predicted octanol–water partition coefficient (Wildman–Crippen LogP) is 3.20. The van der Waals surface area contributed by atoms with Gasteiger partial charge >= 0.3 is 5.97 Å². The first-order chi connectivity index (χ1) is 9.65. The van der Waals surface area contributed by atoms with E-state index in [1.807, 2.05) is 18.2 Å². The van der Waals surface area contributed by atoms with Gasteiger partial charge in [0.1, 0.15) is 11.6 Å². The van der Waals surface area contributed by atoms with Crippen LogP contribution < -0.4 is 0 Å². The summed E-state index contributed by atoms with van der Waals surface area (Å²) < 4.78 is 1.73. The SMILES string of the molecule is O=C(O)C(c1ccccc1)c1cn2cc(Cl)ccc2n1. The molecular formula is C15H11ClN2O2. The van der Waals surface area contributed by atoms with Gasteiger partial charge in [0.2, 0.25) is 0 Å². The Labute approximate surface area is 120 Å². The van der Waals surface area contributed by atoms with Crippen LogP contribution in [0.25, 0.3) is 5.65 Å². The number of imidazole rings is 1. The highest BCUT2D eigenvalue weighted by molar-refractivity contribution is 6.30. The fourth-order valence-electron chi connectivity index (χ4n) is 2.21. The number of fused-ring (bicyclic) bond motifs is 1. The van der Waals surface area contributed by atoms with E-state index in [0.717, 1.165) is 0 Å². The molecule has 3 rings (SSSR count). The van der Waals surface area contributed by atoms with Crippen molar-refractivity contribution < 1.29 is 9.90 Å². The maximum absolute atomic E-state index is 11.6. The van der Waals surface area contributed by atoms with Crippen LogP contribution in [0.2, 0.25) is 5.02 Å². The van der Waals surface area contributed by atoms with Crippen molar-refractivity contribution in [3.05, 3.63) is 71.1 Å². The Kier molecular flexibility index (Phi) is 3.16. The number of hydrogen-bond acceptors (Lipinski definition) is 2. The molecule has 0 aliphatic heterocycles. The third kappa shape index (κ3) is 2.26. The summed E-state index contributed by atoms with van der Waals surface area (Å²) in [6.07, 6.45) is 3.41. The van der Waals surface area contributed by atoms with E-state index in [-0.39, 0.29) is 0 Å². The average molecular weight is 287 g/mol. The summed E-state index contributed by atoms with van der Waals surface area (Å²) in [5.41, 5.74) is 1.87. The molecule has 1 atom stereocenters. The van der Waals surface area contributed by atoms with Crippen molar-refractivity contribution >= 4 is 23.2 Å². The summed E-state index contributed by atoms with van der Waals surface area (Å²) in [4.78, 5) is 15.9. The Morgan fingerprint density at radius 3 is 2.60 bits per heavy atom. The number of aliphatic carboxylic acids is 1. The highest BCUT2D eigenvalue weighted by Crippen LogP contribution is 2.25. The van der Waals surface area contributed by atoms with Gasteiger partial charge < -0.3 is 9.51 Å². The van der Waals surface area contributed by atoms with Crippen LogP contribution in [0.5, 0.6) is 0 Å². The number of nitrogens with zero attached hydrogens (tertiary/aromatic N) is 2. The van der Waals surface area contributed by atoms with E-state index in [1.54, 1.807) is 41.1 Å². The van der Waals surface area contributed by atoms with E-state index in [9.17, 15) is 9.90 Å². The first kappa shape index (κ1) is 12.7. The molecule has 0 aliphatic rings. The number of aromatic nitrogens is 2. The van der Waals surface area contributed by atoms with E-state index in [1.165, 1.54) is 0 Å². The van der Waals surface area contributed by atoms with Gasteiger partial charge in [0, 0.05) is 12.4 Å². The van der Waals surface area contributed by atoms with Gasteiger partial charge in [0.25, 0.3) is 0 Å². The predicted molar refractivity (Wildman–Crippen MR) is 76.1 cm³/mol. The second kappa shape index (κ2) is 4.98. The van der Waals surface area contributed by atoms with Crippen molar-refractivity contribution in [2.45, 2.75) is 5.92 Å². The maximum atomic E-state index is 11.6. The highest BCUT2D eigenvalue weighted by Gasteiger charge is 2.24. The van der Waals surface area contributed by atoms with E-state index >= 15 is 0 Å². The van der Waals surface area contributed by atoms with Crippen LogP contribution >= 0.6 is 11.6 Å². The number of carboxylic acids is 1. The number of carbonyl (C=O) groups is 1. The molecule has 1 unspecified atom stereocenters. The molecule has 0 aliphatic carbocycles. The standard InChI is InChI=1S/C15H11ClN2O2/c16-11-6-7-13-17-12(9-18(13)8-11)14(15(19)20)10-4-2-1-3-5-10/h1-9,14H,(H,19,20). The van der Waals surface area contributed by atoms with Crippen LogP contribution in [-0.2, 0) is 4.79 Å². The molecular weight excluding hydrogens is 276 g/mol. The maximum Gasteiger partial charge on any atom is 0.317 e. The van der Waals surface area contributed by atoms with E-state index in [0.29, 0.717) is 21.9 Å². The highest BCUT2D eigenvalue weighted by atomic mass is 35.5. The zero-order valence-corrected chi connectivity index (χ0v) is 11.2. The van der Waals surface area contributed by atoms with Crippen LogP contribution in [0.3, 0.4) is 0 Å². The van der Waals surface area contributed by atoms with Gasteiger partial charge in [-0.05, 0) is 17.7 Å². The summed E-state index contributed by atoms with van der Waals surface area (Å²) in [6.45, 7) is 0. The summed E-state index contributed by atoms with van der Waals surface area (Å²) >= 11 is 5.92. The van der Waals surface area contributed by atoms with E-state index < -0.39 is 11.9 Å². The Hall–Kier alpha value is -2.33. The third-order valence-electron chi connectivity index (χ3n) is 3.11. The van der Waals surface area contributed by atoms with Crippen LogP contribution in [0.4, 0.5) is 0 Å². The van der Waals surface area contributed by atoms with E-state index in [4.69, 9.17) is 11.6 Å². The van der Waals surface area contributed by atoms with Gasteiger partial charge in [-0.3, -0.25) is 4.79 Å². The molecule has 2 heterocycles. The Morgan fingerprint density at radius 2 is 1.90 bits per heavy atom. The van der Waals surface area contributed by atoms with Gasteiger partial charge in [-0.25, -0.2) is 4.98 Å². The molecule has 1 N–H and O–H groups in total. The molecule has 0 saturated carbocycles. The third-order valence-corrected chi connectivity index (χ3v) is 3.33. The van der Waals surface area contributed by atoms with Gasteiger partial charge in [0.05, 0.1) is 10.7 Å². The molecule has 0 amide bonds. The van der Waals surface area contributed by atoms with E-state index in [2.05, 4.69) is 4.98 Å². The second-order valence-corrected chi connectivity index (χ2v) is 4.90. The lowest BCUT2D eigenvalue weighted by molar-refractivity contribution is -0.137. The first-order valence-corrected chi connectivity index (χ1v) is 6.45. The van der Waals surface area contributed by atoms with Crippen molar-refractivity contribution in [3.63, 3.8) is 0 Å². The molecule has 0 saturated heterocycles. The molecule has 5 heteroatoms. The lowest BCUT2D eigenvalue weighted by atomic mass is 9.96. The number of benzene rings is 1. The number of pyridine rings is 1. The topological polar surface area (TPSA) is 54.6 Å². The Bertz CT molecular complexity index is 768. The Morgan fingerprint density at radius 1 is 1.15 bits per heavy atom. The fraction of sp³-hybridized carbons (Fsp3) is 0.0667. The molecule has 2 aromatic heterocycles. The monoisotopic (exact) mass is 286 g/mol. The van der Waals surface area contributed by atoms with Crippen molar-refractivity contribution in [2.75, 3.05) is 0 Å². The molecule has 0 bridgehead atoms. The van der Waals surface area contributed by atoms with Crippen LogP contribution in [-0.4, -0.2) is 20.5 Å². The Balaban J connectivity index is 2.13. The number of rotatable bonds is 3. The summed E-state index contributed by atoms with van der Waals surface area (Å²) in [5, 5.41) is 10.1. The van der Waals surface area contributed by atoms with Crippen molar-refractivity contribution in [3.8, 4) is 0 Å². The lowest BCUT2D eigenvalue weighted by Crippen LogP contribution is -2.13. The largest absolute Gasteiger partial charge is 0.480 e. The van der Waals surface area contributed by atoms with Gasteiger partial charge in [-0.15, -0.1) is 0 Å². The second-order valence-electron chi connectivity index (χ2n) is 4.46. The molecule has 0 radical (unpaired) electrons. The number of hydrogen-bond donors (Lipinski definition) is 1. The molecule has 20 heavy (non-hydrogen) atoms. The summed E-state index contributed by atoms with van der Waals surface area (Å²) in [7, 11) is 0. The van der Waals surface area contributed by atoms with Crippen molar-refractivity contribution in [1.29, 1.82) is 0 Å². The van der Waals surface area contributed by atoms with Crippen LogP contribution in [0, 0.1) is 0 Å². The molecule has 100 valence electrons. The first-order valence-electron chi connectivity index (χ1n) is 6.07. The molecule has 1 aromatic carbocycles. The minimum absolute atomic E-state index is 0.492. The molecule has 0 fully saturated rings. The number of halogens is 1. The zero-order chi connectivity index (χ0) is 14.1. The minimum Gasteiger partial charge on any atom is -0.480 e. The molecule has 0 spiro atoms. The molecule has 3 aromatic rings. The smallest absolute Gasteiger partial charge is 0.317 e. The molecule has 4 nitrogen and oxygen atoms in total. The summed E-state index contributed by atoms with van der Waals surface area (Å²) in [5.74, 6) is -1.71.